The summed E-state index contributed by atoms with van der Waals surface area (Å²) in [6, 6.07) is 6.86. The highest BCUT2D eigenvalue weighted by atomic mass is 32.1. The van der Waals surface area contributed by atoms with Crippen molar-refractivity contribution in [1.82, 2.24) is 19.7 Å². The van der Waals surface area contributed by atoms with Crippen molar-refractivity contribution >= 4 is 18.1 Å². The zero-order valence-corrected chi connectivity index (χ0v) is 18.7. The van der Waals surface area contributed by atoms with E-state index in [1.165, 1.54) is 11.6 Å². The first-order valence-corrected chi connectivity index (χ1v) is 11.0. The van der Waals surface area contributed by atoms with Crippen molar-refractivity contribution in [3.05, 3.63) is 40.4 Å². The first-order chi connectivity index (χ1) is 15.3. The predicted octanol–water partition coefficient (Wildman–Crippen LogP) is 0.753. The van der Waals surface area contributed by atoms with Crippen LogP contribution in [-0.2, 0) is 16.1 Å². The zero-order valence-electron chi connectivity index (χ0n) is 17.9. The Kier molecular flexibility index (Phi) is 6.63. The number of amides is 1. The SMILES string of the molecule is CC(=O)N[C@@H]1[C@@H](O)[C@H](O)[C@@H](CO)O[C@H]1n1nc(COc2cccc(C)c2)n(C2CC2)c1=S. The molecule has 4 N–H and O–H groups in total. The van der Waals surface area contributed by atoms with Crippen LogP contribution in [-0.4, -0.2) is 66.5 Å². The minimum absolute atomic E-state index is 0.169. The lowest BCUT2D eigenvalue weighted by Crippen LogP contribution is -2.62. The third-order valence-corrected chi connectivity index (χ3v) is 6.07. The Labute approximate surface area is 190 Å². The summed E-state index contributed by atoms with van der Waals surface area (Å²) < 4.78 is 15.5. The summed E-state index contributed by atoms with van der Waals surface area (Å²) in [7, 11) is 0. The summed E-state index contributed by atoms with van der Waals surface area (Å²) in [4.78, 5) is 11.8. The van der Waals surface area contributed by atoms with Crippen LogP contribution in [0.1, 0.15) is 43.4 Å². The molecule has 1 aromatic carbocycles. The van der Waals surface area contributed by atoms with Crippen LogP contribution in [0.2, 0.25) is 0 Å². The van der Waals surface area contributed by atoms with Crippen molar-refractivity contribution in [2.75, 3.05) is 6.61 Å². The molecule has 2 aliphatic rings. The molecule has 2 aromatic rings. The van der Waals surface area contributed by atoms with Crippen molar-refractivity contribution in [2.45, 2.75) is 69.9 Å². The summed E-state index contributed by atoms with van der Waals surface area (Å²) in [6.07, 6.45) is -2.91. The smallest absolute Gasteiger partial charge is 0.217 e. The van der Waals surface area contributed by atoms with E-state index in [2.05, 4.69) is 10.4 Å². The normalized spacial score (nSPS) is 27.8. The fourth-order valence-electron chi connectivity index (χ4n) is 3.95. The fourth-order valence-corrected chi connectivity index (χ4v) is 4.35. The maximum Gasteiger partial charge on any atom is 0.217 e. The van der Waals surface area contributed by atoms with Gasteiger partial charge in [-0.05, 0) is 49.7 Å². The van der Waals surface area contributed by atoms with Gasteiger partial charge in [0.25, 0.3) is 0 Å². The number of hydrogen-bond acceptors (Lipinski definition) is 8. The second kappa shape index (κ2) is 9.28. The first kappa shape index (κ1) is 22.9. The molecule has 1 amide bonds. The Hall–Kier alpha value is -2.31. The number of aliphatic hydroxyl groups is 3. The van der Waals surface area contributed by atoms with Gasteiger partial charge in [0.1, 0.15) is 36.7 Å². The van der Waals surface area contributed by atoms with E-state index in [0.717, 1.165) is 18.4 Å². The molecule has 1 aliphatic heterocycles. The molecule has 1 aromatic heterocycles. The minimum atomic E-state index is -1.38. The molecule has 0 bridgehead atoms. The van der Waals surface area contributed by atoms with E-state index in [1.807, 2.05) is 35.8 Å². The predicted molar refractivity (Wildman–Crippen MR) is 115 cm³/mol. The quantitative estimate of drug-likeness (QED) is 0.442. The number of hydrogen-bond donors (Lipinski definition) is 4. The van der Waals surface area contributed by atoms with E-state index >= 15 is 0 Å². The summed E-state index contributed by atoms with van der Waals surface area (Å²) >= 11 is 5.68. The van der Waals surface area contributed by atoms with Crippen LogP contribution in [0.3, 0.4) is 0 Å². The van der Waals surface area contributed by atoms with Crippen molar-refractivity contribution in [3.8, 4) is 5.75 Å². The van der Waals surface area contributed by atoms with Gasteiger partial charge in [0.05, 0.1) is 6.61 Å². The second-order valence-corrected chi connectivity index (χ2v) is 8.67. The largest absolute Gasteiger partial charge is 0.486 e. The summed E-state index contributed by atoms with van der Waals surface area (Å²) in [6.45, 7) is 2.94. The van der Waals surface area contributed by atoms with Gasteiger partial charge in [-0.3, -0.25) is 9.36 Å². The fraction of sp³-hybridized carbons (Fsp3) is 0.571. The van der Waals surface area contributed by atoms with E-state index in [0.29, 0.717) is 16.3 Å². The third kappa shape index (κ3) is 4.57. The van der Waals surface area contributed by atoms with Crippen molar-refractivity contribution in [2.24, 2.45) is 0 Å². The molecule has 32 heavy (non-hydrogen) atoms. The van der Waals surface area contributed by atoms with Gasteiger partial charge < -0.3 is 30.1 Å². The van der Waals surface area contributed by atoms with Crippen molar-refractivity contribution in [3.63, 3.8) is 0 Å². The van der Waals surface area contributed by atoms with Gasteiger partial charge in [-0.15, -0.1) is 0 Å². The Morgan fingerprint density at radius 3 is 2.72 bits per heavy atom. The van der Waals surface area contributed by atoms with Gasteiger partial charge in [0.2, 0.25) is 10.7 Å². The number of aromatic nitrogens is 3. The van der Waals surface area contributed by atoms with Gasteiger partial charge in [0.15, 0.2) is 12.1 Å². The molecule has 10 nitrogen and oxygen atoms in total. The van der Waals surface area contributed by atoms with Gasteiger partial charge in [-0.25, -0.2) is 4.68 Å². The van der Waals surface area contributed by atoms with Crippen LogP contribution in [0.15, 0.2) is 24.3 Å². The Morgan fingerprint density at radius 2 is 2.09 bits per heavy atom. The van der Waals surface area contributed by atoms with Gasteiger partial charge in [-0.1, -0.05) is 12.1 Å². The lowest BCUT2D eigenvalue weighted by atomic mass is 9.96. The van der Waals surface area contributed by atoms with Crippen LogP contribution in [0.4, 0.5) is 0 Å². The molecular formula is C21H28N4O6S. The molecule has 11 heteroatoms. The summed E-state index contributed by atoms with van der Waals surface area (Å²) in [5.41, 5.74) is 1.07. The Morgan fingerprint density at radius 1 is 1.34 bits per heavy atom. The minimum Gasteiger partial charge on any atom is -0.486 e. The maximum atomic E-state index is 11.8. The van der Waals surface area contributed by atoms with E-state index in [4.69, 9.17) is 21.7 Å². The highest BCUT2D eigenvalue weighted by Gasteiger charge is 2.47. The Balaban J connectivity index is 1.67. The zero-order chi connectivity index (χ0) is 23.0. The van der Waals surface area contributed by atoms with Crippen LogP contribution in [0.25, 0.3) is 0 Å². The number of aliphatic hydroxyl groups excluding tert-OH is 3. The van der Waals surface area contributed by atoms with Crippen LogP contribution < -0.4 is 10.1 Å². The number of aryl methyl sites for hydroxylation is 1. The average molecular weight is 465 g/mol. The van der Waals surface area contributed by atoms with Crippen LogP contribution in [0.5, 0.6) is 5.75 Å². The molecule has 5 atom stereocenters. The van der Waals surface area contributed by atoms with Gasteiger partial charge in [-0.2, -0.15) is 5.10 Å². The van der Waals surface area contributed by atoms with Crippen molar-refractivity contribution in [1.29, 1.82) is 0 Å². The van der Waals surface area contributed by atoms with Crippen molar-refractivity contribution < 1.29 is 29.6 Å². The first-order valence-electron chi connectivity index (χ1n) is 10.6. The second-order valence-electron chi connectivity index (χ2n) is 8.30. The molecular weight excluding hydrogens is 436 g/mol. The molecule has 2 fully saturated rings. The molecule has 1 saturated carbocycles. The number of carbonyl (C=O) groups is 1. The van der Waals surface area contributed by atoms with Crippen LogP contribution in [0, 0.1) is 11.7 Å². The molecule has 2 heterocycles. The lowest BCUT2D eigenvalue weighted by Gasteiger charge is -2.42. The van der Waals surface area contributed by atoms with E-state index in [9.17, 15) is 20.1 Å². The Bertz CT molecular complexity index is 1040. The van der Waals surface area contributed by atoms with E-state index < -0.39 is 43.1 Å². The summed E-state index contributed by atoms with van der Waals surface area (Å²) in [5, 5.41) is 37.7. The monoisotopic (exact) mass is 464 g/mol. The van der Waals surface area contributed by atoms with E-state index in [1.54, 1.807) is 0 Å². The number of nitrogens with one attached hydrogen (secondary N) is 1. The third-order valence-electron chi connectivity index (χ3n) is 5.68. The van der Waals surface area contributed by atoms with Crippen LogP contribution >= 0.6 is 12.2 Å². The summed E-state index contributed by atoms with van der Waals surface area (Å²) in [5.74, 6) is 0.885. The molecule has 0 unspecified atom stereocenters. The molecule has 0 radical (unpaired) electrons. The molecule has 0 spiro atoms. The number of carbonyl (C=O) groups excluding carboxylic acids is 1. The molecule has 174 valence electrons. The van der Waals surface area contributed by atoms with Gasteiger partial charge in [0, 0.05) is 13.0 Å². The number of benzene rings is 1. The molecule has 1 aliphatic carbocycles. The number of ether oxygens (including phenoxy) is 2. The topological polar surface area (TPSA) is 131 Å². The standard InChI is InChI=1S/C21H28N4O6S/c1-11-4-3-5-14(8-11)30-10-16-23-25(21(32)24(16)13-6-7-13)20-17(22-12(2)27)19(29)18(28)15(9-26)31-20/h3-5,8,13,15,17-20,26,28-29H,6-7,9-10H2,1-2H3,(H,22,27)/t15-,17-,18-,19-,20-/m1/s1. The number of rotatable bonds is 7. The van der Waals surface area contributed by atoms with Gasteiger partial charge >= 0.3 is 0 Å². The average Bonchev–Trinajstić information content (AvgIpc) is 3.53. The highest BCUT2D eigenvalue weighted by Crippen LogP contribution is 2.38. The molecule has 4 rings (SSSR count). The molecule has 1 saturated heterocycles. The highest BCUT2D eigenvalue weighted by molar-refractivity contribution is 7.71. The van der Waals surface area contributed by atoms with E-state index in [-0.39, 0.29) is 12.6 Å². The lowest BCUT2D eigenvalue weighted by molar-refractivity contribution is -0.219. The maximum absolute atomic E-state index is 11.8. The number of nitrogens with zero attached hydrogens (tertiary/aromatic N) is 3.